The Labute approximate surface area is 152 Å². The van der Waals surface area contributed by atoms with E-state index in [-0.39, 0.29) is 5.56 Å². The van der Waals surface area contributed by atoms with Crippen LogP contribution in [0.5, 0.6) is 0 Å². The van der Waals surface area contributed by atoms with Crippen LogP contribution in [0.4, 0.5) is 0 Å². The second-order valence-electron chi connectivity index (χ2n) is 5.70. The zero-order valence-corrected chi connectivity index (χ0v) is 14.6. The lowest BCUT2D eigenvalue weighted by atomic mass is 10.2. The molecule has 0 aliphatic carbocycles. The van der Waals surface area contributed by atoms with Gasteiger partial charge in [0.25, 0.3) is 5.56 Å². The predicted molar refractivity (Wildman–Crippen MR) is 102 cm³/mol. The van der Waals surface area contributed by atoms with Gasteiger partial charge in [-0.05, 0) is 31.2 Å². The molecule has 7 heteroatoms. The van der Waals surface area contributed by atoms with E-state index in [1.54, 1.807) is 18.2 Å². The van der Waals surface area contributed by atoms with Gasteiger partial charge in [-0.15, -0.1) is 0 Å². The lowest BCUT2D eigenvalue weighted by Gasteiger charge is -2.00. The van der Waals surface area contributed by atoms with Gasteiger partial charge in [-0.2, -0.15) is 9.78 Å². The van der Waals surface area contributed by atoms with Crippen LogP contribution in [0.3, 0.4) is 0 Å². The third kappa shape index (κ3) is 2.81. The molecule has 5 nitrogen and oxygen atoms in total. The number of H-pyrrole nitrogens is 1. The first-order chi connectivity index (χ1) is 12.0. The summed E-state index contributed by atoms with van der Waals surface area (Å²) in [5, 5.41) is 6.09. The van der Waals surface area contributed by atoms with Gasteiger partial charge in [-0.25, -0.2) is 4.98 Å². The minimum absolute atomic E-state index is 0.278. The van der Waals surface area contributed by atoms with Crippen LogP contribution >= 0.6 is 23.2 Å². The van der Waals surface area contributed by atoms with Crippen LogP contribution in [0, 0.1) is 6.92 Å². The highest BCUT2D eigenvalue weighted by atomic mass is 35.5. The number of nitrogens with zero attached hydrogens (tertiary/aromatic N) is 3. The lowest BCUT2D eigenvalue weighted by molar-refractivity contribution is 0.815. The zero-order valence-electron chi connectivity index (χ0n) is 13.1. The number of rotatable bonds is 2. The average molecular weight is 371 g/mol. The molecule has 0 aliphatic rings. The standard InChI is InChI=1S/C18H12Cl2N4O/c1-10-2-5-15-13(6-10)16-17(23-15)18(25)24(9-21-16)22-8-11-3-4-12(19)7-14(11)20/h2-9,23H,1H3. The fraction of sp³-hybridized carbons (Fsp3) is 0.0556. The van der Waals surface area contributed by atoms with Crippen molar-refractivity contribution in [2.24, 2.45) is 5.10 Å². The van der Waals surface area contributed by atoms with Gasteiger partial charge in [0, 0.05) is 21.5 Å². The number of hydrogen-bond donors (Lipinski definition) is 1. The number of hydrogen-bond acceptors (Lipinski definition) is 3. The fourth-order valence-electron chi connectivity index (χ4n) is 2.67. The summed E-state index contributed by atoms with van der Waals surface area (Å²) in [4.78, 5) is 20.2. The second-order valence-corrected chi connectivity index (χ2v) is 6.55. The van der Waals surface area contributed by atoms with Gasteiger partial charge in [0.2, 0.25) is 0 Å². The summed E-state index contributed by atoms with van der Waals surface area (Å²) >= 11 is 12.0. The van der Waals surface area contributed by atoms with E-state index in [1.165, 1.54) is 17.2 Å². The number of aryl methyl sites for hydroxylation is 1. The van der Waals surface area contributed by atoms with Crippen LogP contribution in [0.25, 0.3) is 21.9 Å². The molecule has 0 bridgehead atoms. The highest BCUT2D eigenvalue weighted by Crippen LogP contribution is 2.22. The van der Waals surface area contributed by atoms with Crippen molar-refractivity contribution in [3.05, 3.63) is 74.3 Å². The Morgan fingerprint density at radius 2 is 2.04 bits per heavy atom. The summed E-state index contributed by atoms with van der Waals surface area (Å²) in [5.41, 5.74) is 3.41. The molecule has 4 rings (SSSR count). The largest absolute Gasteiger partial charge is 0.349 e. The molecular weight excluding hydrogens is 359 g/mol. The molecular formula is C18H12Cl2N4O. The topological polar surface area (TPSA) is 63.0 Å². The van der Waals surface area contributed by atoms with Crippen molar-refractivity contribution >= 4 is 51.4 Å². The second kappa shape index (κ2) is 6.02. The molecule has 0 spiro atoms. The van der Waals surface area contributed by atoms with Crippen LogP contribution < -0.4 is 5.56 Å². The van der Waals surface area contributed by atoms with Crippen LogP contribution in [-0.2, 0) is 0 Å². The smallest absolute Gasteiger partial charge is 0.298 e. The molecule has 0 aliphatic heterocycles. The van der Waals surface area contributed by atoms with Crippen LogP contribution in [0.1, 0.15) is 11.1 Å². The van der Waals surface area contributed by atoms with Gasteiger partial charge in [0.15, 0.2) is 0 Å². The fourth-order valence-corrected chi connectivity index (χ4v) is 3.13. The molecule has 4 aromatic rings. The van der Waals surface area contributed by atoms with E-state index >= 15 is 0 Å². The monoisotopic (exact) mass is 370 g/mol. The van der Waals surface area contributed by atoms with Crippen molar-refractivity contribution in [1.82, 2.24) is 14.6 Å². The van der Waals surface area contributed by atoms with Crippen molar-refractivity contribution in [2.45, 2.75) is 6.92 Å². The summed E-state index contributed by atoms with van der Waals surface area (Å²) in [5.74, 6) is 0. The first-order valence-corrected chi connectivity index (χ1v) is 8.27. The maximum Gasteiger partial charge on any atom is 0.298 e. The maximum atomic E-state index is 12.7. The van der Waals surface area contributed by atoms with E-state index in [1.807, 2.05) is 25.1 Å². The number of aromatic nitrogens is 3. The van der Waals surface area contributed by atoms with Gasteiger partial charge in [0.05, 0.1) is 11.2 Å². The number of nitrogens with one attached hydrogen (secondary N) is 1. The molecule has 0 unspecified atom stereocenters. The van der Waals surface area contributed by atoms with E-state index in [9.17, 15) is 4.79 Å². The van der Waals surface area contributed by atoms with Gasteiger partial charge in [-0.3, -0.25) is 4.79 Å². The Kier molecular flexibility index (Phi) is 3.82. The lowest BCUT2D eigenvalue weighted by Crippen LogP contribution is -2.17. The molecule has 0 saturated heterocycles. The Morgan fingerprint density at radius 3 is 2.84 bits per heavy atom. The molecule has 2 heterocycles. The molecule has 2 aromatic heterocycles. The predicted octanol–water partition coefficient (Wildman–Crippen LogP) is 4.38. The van der Waals surface area contributed by atoms with Crippen molar-refractivity contribution in [1.29, 1.82) is 0 Å². The van der Waals surface area contributed by atoms with Gasteiger partial charge in [0.1, 0.15) is 17.4 Å². The minimum Gasteiger partial charge on any atom is -0.349 e. The summed E-state index contributed by atoms with van der Waals surface area (Å²) in [6.45, 7) is 2.00. The van der Waals surface area contributed by atoms with Crippen LogP contribution in [-0.4, -0.2) is 20.9 Å². The zero-order chi connectivity index (χ0) is 17.6. The number of halogens is 2. The highest BCUT2D eigenvalue weighted by Gasteiger charge is 2.10. The van der Waals surface area contributed by atoms with E-state index < -0.39 is 0 Å². The third-order valence-corrected chi connectivity index (χ3v) is 4.49. The molecule has 2 aromatic carbocycles. The third-order valence-electron chi connectivity index (χ3n) is 3.93. The molecule has 0 amide bonds. The molecule has 0 fully saturated rings. The highest BCUT2D eigenvalue weighted by molar-refractivity contribution is 6.36. The van der Waals surface area contributed by atoms with Crippen molar-refractivity contribution in [3.63, 3.8) is 0 Å². The summed E-state index contributed by atoms with van der Waals surface area (Å²) in [7, 11) is 0. The molecule has 1 N–H and O–H groups in total. The van der Waals surface area contributed by atoms with E-state index in [0.29, 0.717) is 26.6 Å². The Hall–Kier alpha value is -2.63. The molecule has 0 saturated carbocycles. The SMILES string of the molecule is Cc1ccc2[nH]c3c(=O)n(N=Cc4ccc(Cl)cc4Cl)cnc3c2c1. The molecule has 25 heavy (non-hydrogen) atoms. The number of fused-ring (bicyclic) bond motifs is 3. The molecule has 0 atom stereocenters. The van der Waals surface area contributed by atoms with Crippen molar-refractivity contribution in [3.8, 4) is 0 Å². The van der Waals surface area contributed by atoms with Gasteiger partial charge < -0.3 is 4.98 Å². The van der Waals surface area contributed by atoms with E-state index in [4.69, 9.17) is 23.2 Å². The Bertz CT molecular complexity index is 1210. The first-order valence-electron chi connectivity index (χ1n) is 7.52. The Balaban J connectivity index is 1.83. The van der Waals surface area contributed by atoms with Crippen LogP contribution in [0.15, 0.2) is 52.6 Å². The van der Waals surface area contributed by atoms with E-state index in [0.717, 1.165) is 16.5 Å². The number of benzene rings is 2. The van der Waals surface area contributed by atoms with Gasteiger partial charge >= 0.3 is 0 Å². The normalized spacial score (nSPS) is 11.8. The first kappa shape index (κ1) is 15.9. The van der Waals surface area contributed by atoms with Crippen molar-refractivity contribution in [2.75, 3.05) is 0 Å². The summed E-state index contributed by atoms with van der Waals surface area (Å²) < 4.78 is 1.18. The molecule has 0 radical (unpaired) electrons. The Morgan fingerprint density at radius 1 is 1.20 bits per heavy atom. The summed E-state index contributed by atoms with van der Waals surface area (Å²) in [6.07, 6.45) is 2.90. The summed E-state index contributed by atoms with van der Waals surface area (Å²) in [6, 6.07) is 11.0. The van der Waals surface area contributed by atoms with Crippen molar-refractivity contribution < 1.29 is 0 Å². The maximum absolute atomic E-state index is 12.7. The molecule has 124 valence electrons. The quantitative estimate of drug-likeness (QED) is 0.532. The van der Waals surface area contributed by atoms with Gasteiger partial charge in [-0.1, -0.05) is 40.9 Å². The number of aromatic amines is 1. The minimum atomic E-state index is -0.278. The van der Waals surface area contributed by atoms with Crippen LogP contribution in [0.2, 0.25) is 10.0 Å². The average Bonchev–Trinajstić information content (AvgIpc) is 2.94. The van der Waals surface area contributed by atoms with E-state index in [2.05, 4.69) is 15.1 Å².